The lowest BCUT2D eigenvalue weighted by molar-refractivity contribution is -0.137. The number of hydrogen-bond acceptors (Lipinski definition) is 7. The van der Waals surface area contributed by atoms with Gasteiger partial charge in [-0.3, -0.25) is 25.0 Å². The number of rotatable bonds is 8. The third-order valence-corrected chi connectivity index (χ3v) is 7.05. The number of hydrogen-bond donors (Lipinski definition) is 4. The largest absolute Gasteiger partial charge is 0.361 e. The molecule has 2 aliphatic heterocycles. The van der Waals surface area contributed by atoms with Crippen LogP contribution in [0.4, 0.5) is 4.39 Å². The van der Waals surface area contributed by atoms with Gasteiger partial charge in [0.2, 0.25) is 11.8 Å². The molecule has 0 aliphatic carbocycles. The second-order valence-electron chi connectivity index (χ2n) is 9.94. The third-order valence-electron chi connectivity index (χ3n) is 7.05. The number of nitrogens with one attached hydrogen (secondary N) is 4. The molecular weight excluding hydrogens is 479 g/mol. The fraction of sp³-hybridized carbons (Fsp3) is 0.538. The van der Waals surface area contributed by atoms with Crippen molar-refractivity contribution in [2.24, 2.45) is 0 Å². The minimum absolute atomic E-state index is 0.0435. The zero-order chi connectivity index (χ0) is 26.5. The molecule has 11 heteroatoms. The highest BCUT2D eigenvalue weighted by Crippen LogP contribution is 2.19. The van der Waals surface area contributed by atoms with E-state index in [9.17, 15) is 18.8 Å². The Balaban J connectivity index is 1.41. The second-order valence-corrected chi connectivity index (χ2v) is 9.94. The molecule has 0 saturated carbocycles. The molecule has 0 radical (unpaired) electrons. The number of carbonyl (C=O) groups excluding carboxylic acids is 3. The number of nitrogens with zero attached hydrogens (tertiary/aromatic N) is 2. The van der Waals surface area contributed by atoms with Crippen molar-refractivity contribution >= 4 is 17.7 Å². The summed E-state index contributed by atoms with van der Waals surface area (Å²) in [5.74, 6) is -1.06. The van der Waals surface area contributed by atoms with E-state index in [-0.39, 0.29) is 48.1 Å². The summed E-state index contributed by atoms with van der Waals surface area (Å²) < 4.78 is 18.3. The van der Waals surface area contributed by atoms with Crippen LogP contribution in [0, 0.1) is 12.7 Å². The van der Waals surface area contributed by atoms with Gasteiger partial charge < -0.3 is 20.1 Å². The van der Waals surface area contributed by atoms with Crippen LogP contribution in [0.5, 0.6) is 0 Å². The summed E-state index contributed by atoms with van der Waals surface area (Å²) in [6.07, 6.45) is 2.48. The average molecular weight is 515 g/mol. The molecule has 5 atom stereocenters. The van der Waals surface area contributed by atoms with Crippen LogP contribution < -0.4 is 21.3 Å². The maximum atomic E-state index is 13.3. The van der Waals surface area contributed by atoms with Crippen LogP contribution in [0.1, 0.15) is 67.4 Å². The normalized spacial score (nSPS) is 23.4. The Morgan fingerprint density at radius 1 is 1.22 bits per heavy atom. The highest BCUT2D eigenvalue weighted by Gasteiger charge is 2.34. The van der Waals surface area contributed by atoms with Crippen LogP contribution in [0.3, 0.4) is 0 Å². The second kappa shape index (κ2) is 11.8. The quantitative estimate of drug-likeness (QED) is 0.423. The van der Waals surface area contributed by atoms with Crippen LogP contribution in [-0.2, 0) is 9.59 Å². The molecule has 4 rings (SSSR count). The molecule has 3 amide bonds. The SMILES string of the molecule is Cc1cc(C(=O)N[C@@H](CC(=O)N2CCCC[C@@H]2C)C(=O)N[C@@H](C)C2NCC(c3ccc(F)cc3)N2)no1. The standard InChI is InChI=1S/C26H35FN6O4/c1-15-6-4-5-11-33(15)23(34)13-20(31-26(36)21-12-16(2)37-32-21)25(35)29-17(3)24-28-14-22(30-24)18-7-9-19(27)10-8-18/h7-10,12,15,17,20,22,24,28,30H,4-6,11,13-14H2,1-3H3,(H,29,35)(H,31,36)/t15-,17-,20-,22?,24?/m0/s1. The molecule has 4 N–H and O–H groups in total. The number of likely N-dealkylation sites (tertiary alicyclic amines) is 1. The number of amides is 3. The van der Waals surface area contributed by atoms with Crippen molar-refractivity contribution in [3.8, 4) is 0 Å². The Labute approximate surface area is 215 Å². The minimum Gasteiger partial charge on any atom is -0.361 e. The average Bonchev–Trinajstić information content (AvgIpc) is 3.54. The maximum Gasteiger partial charge on any atom is 0.274 e. The van der Waals surface area contributed by atoms with Crippen molar-refractivity contribution in [1.29, 1.82) is 0 Å². The molecular formula is C26H35FN6O4. The molecule has 2 unspecified atom stereocenters. The van der Waals surface area contributed by atoms with Gasteiger partial charge in [-0.25, -0.2) is 4.39 Å². The van der Waals surface area contributed by atoms with Crippen LogP contribution >= 0.6 is 0 Å². The zero-order valence-corrected chi connectivity index (χ0v) is 21.4. The Kier molecular flexibility index (Phi) is 8.55. The van der Waals surface area contributed by atoms with Gasteiger partial charge in [0.25, 0.3) is 5.91 Å². The zero-order valence-electron chi connectivity index (χ0n) is 21.4. The summed E-state index contributed by atoms with van der Waals surface area (Å²) in [4.78, 5) is 41.0. The van der Waals surface area contributed by atoms with Crippen LogP contribution in [-0.4, -0.2) is 65.2 Å². The number of halogens is 1. The number of aromatic nitrogens is 1. The summed E-state index contributed by atoms with van der Waals surface area (Å²) in [5.41, 5.74) is 0.979. The van der Waals surface area contributed by atoms with E-state index in [1.54, 1.807) is 24.0 Å². The van der Waals surface area contributed by atoms with Crippen molar-refractivity contribution < 1.29 is 23.3 Å². The van der Waals surface area contributed by atoms with Gasteiger partial charge >= 0.3 is 0 Å². The van der Waals surface area contributed by atoms with Crippen LogP contribution in [0.15, 0.2) is 34.9 Å². The molecule has 37 heavy (non-hydrogen) atoms. The molecule has 2 saturated heterocycles. The van der Waals surface area contributed by atoms with E-state index in [0.29, 0.717) is 18.8 Å². The van der Waals surface area contributed by atoms with Gasteiger partial charge in [0.15, 0.2) is 5.69 Å². The van der Waals surface area contributed by atoms with Crippen molar-refractivity contribution in [2.45, 2.75) is 76.8 Å². The number of aryl methyl sites for hydroxylation is 1. The highest BCUT2D eigenvalue weighted by molar-refractivity contribution is 5.97. The highest BCUT2D eigenvalue weighted by atomic mass is 19.1. The van der Waals surface area contributed by atoms with Crippen molar-refractivity contribution in [3.05, 3.63) is 53.2 Å². The lowest BCUT2D eigenvalue weighted by Crippen LogP contribution is -2.57. The molecule has 0 spiro atoms. The summed E-state index contributed by atoms with van der Waals surface area (Å²) >= 11 is 0. The van der Waals surface area contributed by atoms with Gasteiger partial charge in [-0.05, 0) is 57.7 Å². The van der Waals surface area contributed by atoms with E-state index in [4.69, 9.17) is 4.52 Å². The molecule has 3 heterocycles. The smallest absolute Gasteiger partial charge is 0.274 e. The Bertz CT molecular complexity index is 1110. The summed E-state index contributed by atoms with van der Waals surface area (Å²) in [6.45, 7) is 6.75. The molecule has 2 aliphatic rings. The van der Waals surface area contributed by atoms with E-state index in [0.717, 1.165) is 24.8 Å². The lowest BCUT2D eigenvalue weighted by Gasteiger charge is -2.34. The Morgan fingerprint density at radius 3 is 2.65 bits per heavy atom. The first kappa shape index (κ1) is 26.7. The van der Waals surface area contributed by atoms with Crippen LogP contribution in [0.2, 0.25) is 0 Å². The summed E-state index contributed by atoms with van der Waals surface area (Å²) in [7, 11) is 0. The van der Waals surface area contributed by atoms with Gasteiger partial charge in [0, 0.05) is 31.2 Å². The van der Waals surface area contributed by atoms with Crippen LogP contribution in [0.25, 0.3) is 0 Å². The Morgan fingerprint density at radius 2 is 1.97 bits per heavy atom. The number of carbonyl (C=O) groups is 3. The molecule has 10 nitrogen and oxygen atoms in total. The molecule has 200 valence electrons. The van der Waals surface area contributed by atoms with E-state index in [1.165, 1.54) is 18.2 Å². The first-order valence-corrected chi connectivity index (χ1v) is 12.8. The van der Waals surface area contributed by atoms with Gasteiger partial charge in [-0.1, -0.05) is 17.3 Å². The molecule has 1 aromatic heterocycles. The van der Waals surface area contributed by atoms with Crippen molar-refractivity contribution in [3.63, 3.8) is 0 Å². The molecule has 0 bridgehead atoms. The lowest BCUT2D eigenvalue weighted by atomic mass is 10.0. The predicted octanol–water partition coefficient (Wildman–Crippen LogP) is 1.78. The summed E-state index contributed by atoms with van der Waals surface area (Å²) in [5, 5.41) is 16.1. The maximum absolute atomic E-state index is 13.3. The Hall–Kier alpha value is -3.31. The van der Waals surface area contributed by atoms with Gasteiger partial charge in [-0.15, -0.1) is 0 Å². The minimum atomic E-state index is -1.08. The van der Waals surface area contributed by atoms with Crippen molar-refractivity contribution in [2.75, 3.05) is 13.1 Å². The van der Waals surface area contributed by atoms with E-state index < -0.39 is 17.9 Å². The van der Waals surface area contributed by atoms with E-state index in [1.807, 2.05) is 13.8 Å². The fourth-order valence-electron chi connectivity index (χ4n) is 4.89. The van der Waals surface area contributed by atoms with Gasteiger partial charge in [-0.2, -0.15) is 0 Å². The van der Waals surface area contributed by atoms with E-state index >= 15 is 0 Å². The monoisotopic (exact) mass is 514 g/mol. The predicted molar refractivity (Wildman–Crippen MR) is 134 cm³/mol. The molecule has 2 aromatic rings. The fourth-order valence-corrected chi connectivity index (χ4v) is 4.89. The third kappa shape index (κ3) is 6.72. The first-order chi connectivity index (χ1) is 17.7. The number of piperidine rings is 1. The van der Waals surface area contributed by atoms with E-state index in [2.05, 4.69) is 26.4 Å². The summed E-state index contributed by atoms with van der Waals surface area (Å²) in [6, 6.07) is 6.36. The topological polar surface area (TPSA) is 129 Å². The van der Waals surface area contributed by atoms with Gasteiger partial charge in [0.05, 0.1) is 18.6 Å². The molecule has 2 fully saturated rings. The first-order valence-electron chi connectivity index (χ1n) is 12.8. The van der Waals surface area contributed by atoms with Crippen molar-refractivity contribution in [1.82, 2.24) is 31.3 Å². The van der Waals surface area contributed by atoms with Gasteiger partial charge in [0.1, 0.15) is 17.6 Å². The number of benzene rings is 1. The molecule has 1 aromatic carbocycles.